The minimum atomic E-state index is -0.274. The Morgan fingerprint density at radius 2 is 2.18 bits per heavy atom. The van der Waals surface area contributed by atoms with Crippen molar-refractivity contribution in [3.63, 3.8) is 0 Å². The quantitative estimate of drug-likeness (QED) is 0.923. The van der Waals surface area contributed by atoms with E-state index < -0.39 is 0 Å². The Balaban J connectivity index is 1.57. The van der Waals surface area contributed by atoms with Gasteiger partial charge in [-0.15, -0.1) is 0 Å². The summed E-state index contributed by atoms with van der Waals surface area (Å²) in [6, 6.07) is 8.02. The molecule has 0 aromatic heterocycles. The van der Waals surface area contributed by atoms with Crippen molar-refractivity contribution in [3.8, 4) is 0 Å². The number of para-hydroxylation sites is 1. The second-order valence-corrected chi connectivity index (χ2v) is 5.97. The molecule has 0 aliphatic carbocycles. The second-order valence-electron chi connectivity index (χ2n) is 5.97. The van der Waals surface area contributed by atoms with E-state index in [0.29, 0.717) is 19.7 Å². The molecule has 2 aliphatic rings. The highest BCUT2D eigenvalue weighted by Gasteiger charge is 2.30. The lowest BCUT2D eigenvalue weighted by molar-refractivity contribution is -0.130. The Hall–Kier alpha value is -1.88. The number of carbonyl (C=O) groups excluding carboxylic acids is 2. The van der Waals surface area contributed by atoms with Gasteiger partial charge in [0.25, 0.3) is 0 Å². The molecule has 5 heteroatoms. The third-order valence-corrected chi connectivity index (χ3v) is 4.46. The summed E-state index contributed by atoms with van der Waals surface area (Å²) in [6.45, 7) is 3.59. The average Bonchev–Trinajstić information content (AvgIpc) is 3.15. The van der Waals surface area contributed by atoms with E-state index in [1.807, 2.05) is 23.1 Å². The van der Waals surface area contributed by atoms with E-state index in [1.54, 1.807) is 6.92 Å². The molecule has 2 amide bonds. The highest BCUT2D eigenvalue weighted by atomic mass is 16.5. The molecular weight excluding hydrogens is 280 g/mol. The van der Waals surface area contributed by atoms with E-state index in [4.69, 9.17) is 4.74 Å². The molecule has 0 saturated carbocycles. The molecule has 118 valence electrons. The van der Waals surface area contributed by atoms with Gasteiger partial charge in [-0.25, -0.2) is 0 Å². The van der Waals surface area contributed by atoms with Crippen LogP contribution in [0, 0.1) is 0 Å². The van der Waals surface area contributed by atoms with Crippen molar-refractivity contribution in [3.05, 3.63) is 29.8 Å². The van der Waals surface area contributed by atoms with Gasteiger partial charge in [0.15, 0.2) is 0 Å². The van der Waals surface area contributed by atoms with Crippen LogP contribution in [-0.4, -0.2) is 37.6 Å². The summed E-state index contributed by atoms with van der Waals surface area (Å²) in [6.07, 6.45) is 2.33. The molecule has 2 unspecified atom stereocenters. The van der Waals surface area contributed by atoms with Crippen LogP contribution in [0.4, 0.5) is 5.69 Å². The minimum absolute atomic E-state index is 0.00722. The molecule has 1 fully saturated rings. The zero-order chi connectivity index (χ0) is 15.5. The number of fused-ring (bicyclic) bond motifs is 1. The van der Waals surface area contributed by atoms with Crippen LogP contribution in [-0.2, 0) is 14.3 Å². The number of benzene rings is 1. The predicted octanol–water partition coefficient (Wildman–Crippen LogP) is 1.82. The third kappa shape index (κ3) is 2.99. The molecular formula is C17H22N2O3. The van der Waals surface area contributed by atoms with E-state index in [1.165, 1.54) is 5.56 Å². The maximum atomic E-state index is 11.9. The Bertz CT molecular complexity index is 567. The summed E-state index contributed by atoms with van der Waals surface area (Å²) in [4.78, 5) is 25.5. The van der Waals surface area contributed by atoms with E-state index in [0.717, 1.165) is 24.9 Å². The highest BCUT2D eigenvalue weighted by Crippen LogP contribution is 2.37. The second kappa shape index (κ2) is 6.48. The van der Waals surface area contributed by atoms with Gasteiger partial charge >= 0.3 is 0 Å². The summed E-state index contributed by atoms with van der Waals surface area (Å²) in [5.41, 5.74) is 2.20. The summed E-state index contributed by atoms with van der Waals surface area (Å²) in [5.74, 6) is 0.343. The third-order valence-electron chi connectivity index (χ3n) is 4.46. The van der Waals surface area contributed by atoms with E-state index in [2.05, 4.69) is 11.4 Å². The molecule has 0 spiro atoms. The van der Waals surface area contributed by atoms with Gasteiger partial charge in [-0.2, -0.15) is 0 Å². The fourth-order valence-electron chi connectivity index (χ4n) is 3.31. The molecule has 22 heavy (non-hydrogen) atoms. The van der Waals surface area contributed by atoms with Crippen molar-refractivity contribution in [2.45, 2.75) is 38.2 Å². The number of rotatable bonds is 4. The lowest BCUT2D eigenvalue weighted by atomic mass is 9.98. The van der Waals surface area contributed by atoms with Crippen molar-refractivity contribution in [2.24, 2.45) is 0 Å². The molecule has 1 N–H and O–H groups in total. The fourth-order valence-corrected chi connectivity index (χ4v) is 3.31. The largest absolute Gasteiger partial charge is 0.368 e. The zero-order valence-corrected chi connectivity index (χ0v) is 12.9. The molecule has 1 aromatic rings. The molecule has 0 bridgehead atoms. The Kier molecular flexibility index (Phi) is 4.43. The van der Waals surface area contributed by atoms with Gasteiger partial charge in [0.2, 0.25) is 11.8 Å². The van der Waals surface area contributed by atoms with Crippen LogP contribution in [0.25, 0.3) is 0 Å². The molecule has 5 nitrogen and oxygen atoms in total. The highest BCUT2D eigenvalue weighted by molar-refractivity contribution is 5.94. The average molecular weight is 302 g/mol. The number of amides is 2. The number of anilines is 1. The molecule has 3 rings (SSSR count). The number of hydrogen-bond acceptors (Lipinski definition) is 3. The number of nitrogens with one attached hydrogen (secondary N) is 1. The normalized spacial score (nSPS) is 23.4. The van der Waals surface area contributed by atoms with Gasteiger partial charge in [0.1, 0.15) is 6.10 Å². The molecule has 2 aliphatic heterocycles. The molecule has 1 aromatic carbocycles. The van der Waals surface area contributed by atoms with Crippen LogP contribution >= 0.6 is 0 Å². The predicted molar refractivity (Wildman–Crippen MR) is 83.8 cm³/mol. The van der Waals surface area contributed by atoms with E-state index in [9.17, 15) is 9.59 Å². The van der Waals surface area contributed by atoms with Gasteiger partial charge in [-0.05, 0) is 30.9 Å². The van der Waals surface area contributed by atoms with Gasteiger partial charge < -0.3 is 15.0 Å². The number of hydrogen-bond donors (Lipinski definition) is 1. The van der Waals surface area contributed by atoms with Crippen LogP contribution in [0.3, 0.4) is 0 Å². The minimum Gasteiger partial charge on any atom is -0.368 e. The summed E-state index contributed by atoms with van der Waals surface area (Å²) < 4.78 is 5.38. The van der Waals surface area contributed by atoms with E-state index >= 15 is 0 Å². The van der Waals surface area contributed by atoms with E-state index in [-0.39, 0.29) is 23.8 Å². The first-order valence-corrected chi connectivity index (χ1v) is 7.93. The lowest BCUT2D eigenvalue weighted by Gasteiger charge is -2.16. The van der Waals surface area contributed by atoms with Crippen LogP contribution in [0.2, 0.25) is 0 Å². The fraction of sp³-hybridized carbons (Fsp3) is 0.529. The summed E-state index contributed by atoms with van der Waals surface area (Å²) >= 11 is 0. The molecule has 2 atom stereocenters. The van der Waals surface area contributed by atoms with Crippen molar-refractivity contribution >= 4 is 17.5 Å². The summed E-state index contributed by atoms with van der Waals surface area (Å²) in [5, 5.41) is 2.96. The molecule has 1 saturated heterocycles. The Labute approximate surface area is 130 Å². The topological polar surface area (TPSA) is 58.6 Å². The zero-order valence-electron chi connectivity index (χ0n) is 12.9. The van der Waals surface area contributed by atoms with Crippen molar-refractivity contribution in [1.29, 1.82) is 0 Å². The van der Waals surface area contributed by atoms with Crippen molar-refractivity contribution < 1.29 is 14.3 Å². The monoisotopic (exact) mass is 302 g/mol. The molecule has 0 radical (unpaired) electrons. The first-order chi connectivity index (χ1) is 10.7. The maximum Gasteiger partial charge on any atom is 0.249 e. The van der Waals surface area contributed by atoms with Crippen molar-refractivity contribution in [1.82, 2.24) is 5.32 Å². The first-order valence-electron chi connectivity index (χ1n) is 7.93. The standard InChI is InChI=1S/C17H22N2O3/c1-12(20)19-11-13(14-5-2-3-6-15(14)19)8-9-18-17(21)16-7-4-10-22-16/h2-3,5-6,13,16H,4,7-11H2,1H3,(H,18,21). The SMILES string of the molecule is CC(=O)N1CC(CCNC(=O)C2CCCO2)c2ccccc21. The van der Waals surface area contributed by atoms with Gasteiger partial charge in [0, 0.05) is 38.2 Å². The van der Waals surface area contributed by atoms with Gasteiger partial charge in [-0.3, -0.25) is 9.59 Å². The lowest BCUT2D eigenvalue weighted by Crippen LogP contribution is -2.35. The Morgan fingerprint density at radius 3 is 2.91 bits per heavy atom. The number of ether oxygens (including phenoxy) is 1. The summed E-state index contributed by atoms with van der Waals surface area (Å²) in [7, 11) is 0. The first kappa shape index (κ1) is 15.0. The van der Waals surface area contributed by atoms with Crippen LogP contribution < -0.4 is 10.2 Å². The molecule has 2 heterocycles. The maximum absolute atomic E-state index is 11.9. The number of nitrogens with zero attached hydrogens (tertiary/aromatic N) is 1. The smallest absolute Gasteiger partial charge is 0.249 e. The van der Waals surface area contributed by atoms with Gasteiger partial charge in [0.05, 0.1) is 0 Å². The Morgan fingerprint density at radius 1 is 1.36 bits per heavy atom. The number of carbonyl (C=O) groups is 2. The van der Waals surface area contributed by atoms with Gasteiger partial charge in [-0.1, -0.05) is 18.2 Å². The van der Waals surface area contributed by atoms with Crippen LogP contribution in [0.1, 0.15) is 37.7 Å². The van der Waals surface area contributed by atoms with Crippen molar-refractivity contribution in [2.75, 3.05) is 24.6 Å². The van der Waals surface area contributed by atoms with Crippen LogP contribution in [0.15, 0.2) is 24.3 Å². The van der Waals surface area contributed by atoms with Crippen LogP contribution in [0.5, 0.6) is 0 Å².